The predicted octanol–water partition coefficient (Wildman–Crippen LogP) is 1.04. The van der Waals surface area contributed by atoms with Crippen molar-refractivity contribution in [3.8, 4) is 6.07 Å². The molecule has 3 N–H and O–H groups in total. The van der Waals surface area contributed by atoms with Crippen LogP contribution in [-0.4, -0.2) is 69.8 Å². The fraction of sp³-hybridized carbons (Fsp3) is 0.450. The summed E-state index contributed by atoms with van der Waals surface area (Å²) in [6, 6.07) is 1.66. The van der Waals surface area contributed by atoms with E-state index < -0.39 is 13.0 Å². The van der Waals surface area contributed by atoms with Crippen LogP contribution in [0.2, 0.25) is 0 Å². The van der Waals surface area contributed by atoms with Crippen LogP contribution >= 0.6 is 0 Å². The topological polar surface area (TPSA) is 102 Å². The Labute approximate surface area is 174 Å². The van der Waals surface area contributed by atoms with Crippen molar-refractivity contribution >= 4 is 12.1 Å². The lowest BCUT2D eigenvalue weighted by Gasteiger charge is -2.28. The second-order valence-corrected chi connectivity index (χ2v) is 6.76. The van der Waals surface area contributed by atoms with Gasteiger partial charge in [0.15, 0.2) is 12.5 Å². The van der Waals surface area contributed by atoms with Crippen LogP contribution < -0.4 is 16.0 Å². The molecule has 8 nitrogen and oxygen atoms in total. The Morgan fingerprint density at radius 2 is 2.33 bits per heavy atom. The third kappa shape index (κ3) is 6.15. The normalized spacial score (nSPS) is 19.2. The number of aliphatic imine (C=N–C) groups is 1. The average molecular weight is 420 g/mol. The molecule has 0 aromatic heterocycles. The number of nitrogens with one attached hydrogen (secondary N) is 3. The van der Waals surface area contributed by atoms with Gasteiger partial charge < -0.3 is 25.6 Å². The number of amides is 1. The number of nitrogens with zero attached hydrogens (tertiary/aromatic N) is 3. The average Bonchev–Trinajstić information content (AvgIpc) is 2.71. The van der Waals surface area contributed by atoms with Gasteiger partial charge in [-0.05, 0) is 31.8 Å². The van der Waals surface area contributed by atoms with Crippen LogP contribution in [-0.2, 0) is 9.53 Å². The first-order chi connectivity index (χ1) is 14.4. The van der Waals surface area contributed by atoms with Gasteiger partial charge in [0.1, 0.15) is 12.2 Å². The Hall–Kier alpha value is -3.19. The first kappa shape index (κ1) is 23.1. The third-order valence-electron chi connectivity index (χ3n) is 4.42. The van der Waals surface area contributed by atoms with Gasteiger partial charge in [-0.3, -0.25) is 9.79 Å². The first-order valence-corrected chi connectivity index (χ1v) is 9.39. The number of ether oxygens (including phenoxy) is 1. The van der Waals surface area contributed by atoms with Crippen LogP contribution in [0.4, 0.5) is 8.78 Å². The first-order valence-electron chi connectivity index (χ1n) is 9.39. The van der Waals surface area contributed by atoms with Crippen molar-refractivity contribution in [1.82, 2.24) is 20.9 Å². The molecule has 0 aliphatic carbocycles. The van der Waals surface area contributed by atoms with E-state index in [0.717, 1.165) is 11.1 Å². The fourth-order valence-electron chi connectivity index (χ4n) is 3.19. The number of nitriles is 1. The Balaban J connectivity index is 2.14. The van der Waals surface area contributed by atoms with Crippen molar-refractivity contribution in [2.45, 2.75) is 19.4 Å². The highest BCUT2D eigenvalue weighted by Gasteiger charge is 2.22. The Morgan fingerprint density at radius 3 is 2.97 bits per heavy atom. The summed E-state index contributed by atoms with van der Waals surface area (Å²) in [5, 5.41) is 17.2. The molecule has 0 aromatic rings. The number of allylic oxidation sites excluding steroid dienone is 2. The van der Waals surface area contributed by atoms with Gasteiger partial charge in [-0.25, -0.2) is 8.78 Å². The summed E-state index contributed by atoms with van der Waals surface area (Å²) in [5.74, 6) is 0.0397. The fourth-order valence-corrected chi connectivity index (χ4v) is 3.19. The number of likely N-dealkylation sites (N-methyl/N-ethyl adjacent to an activating group) is 2. The van der Waals surface area contributed by atoms with Crippen LogP contribution in [0.3, 0.4) is 0 Å². The molecule has 2 rings (SSSR count). The molecule has 10 heteroatoms. The molecule has 30 heavy (non-hydrogen) atoms. The number of hydrogen-bond donors (Lipinski definition) is 3. The van der Waals surface area contributed by atoms with Crippen molar-refractivity contribution in [2.75, 3.05) is 40.3 Å². The number of carbonyl (C=O) groups is 1. The largest absolute Gasteiger partial charge is 0.473 e. The minimum absolute atomic E-state index is 0.0941. The molecule has 0 spiro atoms. The van der Waals surface area contributed by atoms with E-state index in [1.54, 1.807) is 38.3 Å². The molecule has 1 atom stereocenters. The zero-order chi connectivity index (χ0) is 22.1. The quantitative estimate of drug-likeness (QED) is 0.381. The van der Waals surface area contributed by atoms with Crippen molar-refractivity contribution in [3.63, 3.8) is 0 Å². The standard InChI is InChI=1S/C20H26F2N6O2/c1-13-8-14(11-28(3)20(13)30-12-17(21)22)9-25-10-15-16(24-2)4-6-26-18(15)19(29)27-7-5-23/h4,6,8,10,16-17,24,26H,7,9,11-12H2,1-3H3,(H,27,29). The van der Waals surface area contributed by atoms with Crippen LogP contribution in [0.5, 0.6) is 0 Å². The summed E-state index contributed by atoms with van der Waals surface area (Å²) in [4.78, 5) is 18.6. The number of halogens is 2. The maximum Gasteiger partial charge on any atom is 0.272 e. The monoisotopic (exact) mass is 420 g/mol. The van der Waals surface area contributed by atoms with E-state index in [-0.39, 0.29) is 18.5 Å². The number of dihydropyridines is 1. The summed E-state index contributed by atoms with van der Waals surface area (Å²) < 4.78 is 30.0. The molecule has 0 fully saturated rings. The summed E-state index contributed by atoms with van der Waals surface area (Å²) in [5.41, 5.74) is 2.70. The Bertz CT molecular complexity index is 839. The molecule has 2 heterocycles. The predicted molar refractivity (Wildman–Crippen MR) is 110 cm³/mol. The number of rotatable bonds is 9. The summed E-state index contributed by atoms with van der Waals surface area (Å²) in [7, 11) is 3.54. The molecule has 2 aliphatic heterocycles. The maximum absolute atomic E-state index is 12.4. The van der Waals surface area contributed by atoms with E-state index in [0.29, 0.717) is 30.2 Å². The smallest absolute Gasteiger partial charge is 0.272 e. The van der Waals surface area contributed by atoms with Gasteiger partial charge in [-0.15, -0.1) is 0 Å². The highest BCUT2D eigenvalue weighted by atomic mass is 19.3. The maximum atomic E-state index is 12.4. The lowest BCUT2D eigenvalue weighted by atomic mass is 10.0. The van der Waals surface area contributed by atoms with Gasteiger partial charge in [0.05, 0.1) is 18.7 Å². The Kier molecular flexibility index (Phi) is 8.55. The van der Waals surface area contributed by atoms with Gasteiger partial charge >= 0.3 is 0 Å². The number of alkyl halides is 2. The summed E-state index contributed by atoms with van der Waals surface area (Å²) >= 11 is 0. The Morgan fingerprint density at radius 1 is 1.57 bits per heavy atom. The van der Waals surface area contributed by atoms with Gasteiger partial charge in [0.2, 0.25) is 0 Å². The van der Waals surface area contributed by atoms with Gasteiger partial charge in [0.25, 0.3) is 12.3 Å². The molecular formula is C20H26F2N6O2. The minimum atomic E-state index is -2.53. The number of carbonyl (C=O) groups excluding carboxylic acids is 1. The highest BCUT2D eigenvalue weighted by molar-refractivity contribution is 6.00. The molecular weight excluding hydrogens is 394 g/mol. The second-order valence-electron chi connectivity index (χ2n) is 6.76. The van der Waals surface area contributed by atoms with Crippen LogP contribution in [0.15, 0.2) is 51.6 Å². The van der Waals surface area contributed by atoms with Crippen LogP contribution in [0.1, 0.15) is 6.92 Å². The van der Waals surface area contributed by atoms with E-state index in [9.17, 15) is 13.6 Å². The van der Waals surface area contributed by atoms with Gasteiger partial charge in [-0.1, -0.05) is 6.08 Å². The van der Waals surface area contributed by atoms with E-state index in [1.807, 2.05) is 18.2 Å². The lowest BCUT2D eigenvalue weighted by Crippen LogP contribution is -2.39. The van der Waals surface area contributed by atoms with Crippen molar-refractivity contribution in [3.05, 3.63) is 46.7 Å². The molecule has 1 unspecified atom stereocenters. The van der Waals surface area contributed by atoms with Crippen molar-refractivity contribution in [1.29, 1.82) is 5.26 Å². The molecule has 0 bridgehead atoms. The van der Waals surface area contributed by atoms with Crippen molar-refractivity contribution in [2.24, 2.45) is 4.99 Å². The summed E-state index contributed by atoms with van der Waals surface area (Å²) in [6.45, 7) is 1.93. The van der Waals surface area contributed by atoms with E-state index in [2.05, 4.69) is 20.9 Å². The molecule has 162 valence electrons. The third-order valence-corrected chi connectivity index (χ3v) is 4.42. The highest BCUT2D eigenvalue weighted by Crippen LogP contribution is 2.21. The van der Waals surface area contributed by atoms with E-state index >= 15 is 0 Å². The van der Waals surface area contributed by atoms with Crippen LogP contribution in [0, 0.1) is 11.3 Å². The second kappa shape index (κ2) is 11.1. The molecule has 2 aliphatic rings. The van der Waals surface area contributed by atoms with Crippen molar-refractivity contribution < 1.29 is 18.3 Å². The minimum Gasteiger partial charge on any atom is -0.473 e. The van der Waals surface area contributed by atoms with E-state index in [1.165, 1.54) is 0 Å². The van der Waals surface area contributed by atoms with E-state index in [4.69, 9.17) is 10.00 Å². The number of hydrogen-bond acceptors (Lipinski definition) is 7. The zero-order valence-electron chi connectivity index (χ0n) is 17.2. The summed E-state index contributed by atoms with van der Waals surface area (Å²) in [6.07, 6.45) is 4.49. The molecule has 1 amide bonds. The van der Waals surface area contributed by atoms with Gasteiger partial charge in [-0.2, -0.15) is 5.26 Å². The van der Waals surface area contributed by atoms with Crippen LogP contribution in [0.25, 0.3) is 0 Å². The molecule has 0 aromatic carbocycles. The molecule has 0 saturated carbocycles. The molecule has 0 saturated heterocycles. The molecule has 0 radical (unpaired) electrons. The van der Waals surface area contributed by atoms with Gasteiger partial charge in [0, 0.05) is 31.0 Å². The zero-order valence-corrected chi connectivity index (χ0v) is 17.2. The lowest BCUT2D eigenvalue weighted by molar-refractivity contribution is -0.117. The SMILES string of the molecule is CNC1C=CNC(C(=O)NCC#N)=C1C=NCC1=CC(C)=C(OCC(F)F)N(C)C1.